The van der Waals surface area contributed by atoms with E-state index in [1.54, 1.807) is 4.90 Å². The van der Waals surface area contributed by atoms with Crippen LogP contribution in [-0.2, 0) is 0 Å². The van der Waals surface area contributed by atoms with E-state index in [2.05, 4.69) is 18.8 Å². The molecule has 0 saturated carbocycles. The number of hydrogen-bond acceptors (Lipinski definition) is 3. The van der Waals surface area contributed by atoms with Crippen molar-refractivity contribution in [2.75, 3.05) is 18.8 Å². The van der Waals surface area contributed by atoms with Crippen molar-refractivity contribution in [3.63, 3.8) is 0 Å². The molecule has 0 bridgehead atoms. The van der Waals surface area contributed by atoms with Gasteiger partial charge in [-0.05, 0) is 13.8 Å². The van der Waals surface area contributed by atoms with E-state index in [0.717, 1.165) is 5.75 Å². The number of amides is 1. The number of aromatic nitrogens is 1. The Labute approximate surface area is 104 Å². The first-order valence-corrected chi connectivity index (χ1v) is 6.58. The van der Waals surface area contributed by atoms with Gasteiger partial charge < -0.3 is 9.88 Å². The summed E-state index contributed by atoms with van der Waals surface area (Å²) < 4.78 is 0.0649. The molecule has 0 radical (unpaired) electrons. The fourth-order valence-electron chi connectivity index (χ4n) is 1.94. The van der Waals surface area contributed by atoms with Crippen molar-refractivity contribution in [2.45, 2.75) is 18.6 Å². The molecule has 0 spiro atoms. The lowest BCUT2D eigenvalue weighted by Crippen LogP contribution is -2.47. The molecule has 2 rings (SSSR count). The molecule has 1 aromatic heterocycles. The second-order valence-corrected chi connectivity index (χ2v) is 6.56. The minimum Gasteiger partial charge on any atom is -0.367 e. The highest BCUT2D eigenvalue weighted by molar-refractivity contribution is 8.00. The molecule has 1 N–H and O–H groups in total. The van der Waals surface area contributed by atoms with Gasteiger partial charge in [-0.1, -0.05) is 0 Å². The standard InChI is InChI=1S/C12H16N2O2S/c1-12(2)8-14(5-6-17-12)11(16)9-7-13-4-3-10(9)15/h3-4,7H,5-6,8H2,1-2H3,(H,13,15). The number of hydrogen-bond donors (Lipinski definition) is 1. The van der Waals surface area contributed by atoms with Gasteiger partial charge >= 0.3 is 0 Å². The number of carbonyl (C=O) groups is 1. The first-order valence-electron chi connectivity index (χ1n) is 5.60. The predicted octanol–water partition coefficient (Wildman–Crippen LogP) is 1.34. The third kappa shape index (κ3) is 2.72. The maximum Gasteiger partial charge on any atom is 0.259 e. The van der Waals surface area contributed by atoms with Crippen molar-refractivity contribution >= 4 is 17.7 Å². The third-order valence-corrected chi connectivity index (χ3v) is 4.06. The number of carbonyl (C=O) groups excluding carboxylic acids is 1. The van der Waals surface area contributed by atoms with Crippen molar-refractivity contribution in [1.29, 1.82) is 0 Å². The molecular weight excluding hydrogens is 236 g/mol. The Kier molecular flexibility index (Phi) is 3.28. The van der Waals surface area contributed by atoms with Crippen LogP contribution in [0, 0.1) is 0 Å². The maximum atomic E-state index is 12.2. The van der Waals surface area contributed by atoms with E-state index < -0.39 is 0 Å². The average Bonchev–Trinajstić information content (AvgIpc) is 2.27. The third-order valence-electron chi connectivity index (χ3n) is 2.77. The van der Waals surface area contributed by atoms with Gasteiger partial charge in [-0.25, -0.2) is 0 Å². The summed E-state index contributed by atoms with van der Waals surface area (Å²) in [7, 11) is 0. The molecule has 0 aromatic carbocycles. The van der Waals surface area contributed by atoms with E-state index in [-0.39, 0.29) is 21.6 Å². The molecule has 1 amide bonds. The summed E-state index contributed by atoms with van der Waals surface area (Å²) in [5.74, 6) is 0.754. The molecule has 5 heteroatoms. The van der Waals surface area contributed by atoms with Gasteiger partial charge in [-0.3, -0.25) is 9.59 Å². The minimum absolute atomic E-state index is 0.0649. The van der Waals surface area contributed by atoms with Crippen LogP contribution < -0.4 is 5.43 Å². The number of thioether (sulfide) groups is 1. The van der Waals surface area contributed by atoms with E-state index in [9.17, 15) is 9.59 Å². The molecule has 0 aliphatic carbocycles. The Bertz CT molecular complexity index is 481. The smallest absolute Gasteiger partial charge is 0.259 e. The highest BCUT2D eigenvalue weighted by Crippen LogP contribution is 2.29. The van der Waals surface area contributed by atoms with E-state index in [1.807, 2.05) is 11.8 Å². The molecule has 4 nitrogen and oxygen atoms in total. The Morgan fingerprint density at radius 2 is 2.29 bits per heavy atom. The monoisotopic (exact) mass is 252 g/mol. The second kappa shape index (κ2) is 4.56. The number of nitrogens with zero attached hydrogens (tertiary/aromatic N) is 1. The lowest BCUT2D eigenvalue weighted by atomic mass is 10.1. The summed E-state index contributed by atoms with van der Waals surface area (Å²) >= 11 is 1.86. The van der Waals surface area contributed by atoms with E-state index in [1.165, 1.54) is 18.5 Å². The number of pyridine rings is 1. The van der Waals surface area contributed by atoms with Crippen LogP contribution in [0.2, 0.25) is 0 Å². The molecule has 1 saturated heterocycles. The van der Waals surface area contributed by atoms with Crippen LogP contribution >= 0.6 is 11.8 Å². The zero-order valence-corrected chi connectivity index (χ0v) is 10.8. The van der Waals surface area contributed by atoms with E-state index in [4.69, 9.17) is 0 Å². The van der Waals surface area contributed by atoms with Gasteiger partial charge in [-0.2, -0.15) is 11.8 Å². The molecule has 17 heavy (non-hydrogen) atoms. The van der Waals surface area contributed by atoms with Gasteiger partial charge in [0, 0.05) is 42.0 Å². The van der Waals surface area contributed by atoms with Gasteiger partial charge in [0.15, 0.2) is 5.43 Å². The molecule has 0 atom stereocenters. The number of H-pyrrole nitrogens is 1. The average molecular weight is 252 g/mol. The molecule has 1 aliphatic heterocycles. The van der Waals surface area contributed by atoms with Crippen LogP contribution in [0.5, 0.6) is 0 Å². The first kappa shape index (κ1) is 12.2. The fraction of sp³-hybridized carbons (Fsp3) is 0.500. The van der Waals surface area contributed by atoms with Crippen LogP contribution in [0.15, 0.2) is 23.3 Å². The lowest BCUT2D eigenvalue weighted by molar-refractivity contribution is 0.0746. The quantitative estimate of drug-likeness (QED) is 0.820. The topological polar surface area (TPSA) is 53.2 Å². The summed E-state index contributed by atoms with van der Waals surface area (Å²) in [4.78, 5) is 28.4. The lowest BCUT2D eigenvalue weighted by Gasteiger charge is -2.37. The molecule has 1 aromatic rings. The van der Waals surface area contributed by atoms with Gasteiger partial charge in [0.05, 0.1) is 0 Å². The van der Waals surface area contributed by atoms with Crippen LogP contribution in [0.1, 0.15) is 24.2 Å². The van der Waals surface area contributed by atoms with Crippen molar-refractivity contribution in [1.82, 2.24) is 9.88 Å². The highest BCUT2D eigenvalue weighted by atomic mass is 32.2. The highest BCUT2D eigenvalue weighted by Gasteiger charge is 2.30. The zero-order chi connectivity index (χ0) is 12.5. The van der Waals surface area contributed by atoms with Crippen LogP contribution in [0.25, 0.3) is 0 Å². The zero-order valence-electron chi connectivity index (χ0n) is 10.0. The summed E-state index contributed by atoms with van der Waals surface area (Å²) in [5, 5.41) is 0. The summed E-state index contributed by atoms with van der Waals surface area (Å²) in [6.07, 6.45) is 3.02. The Balaban J connectivity index is 2.21. The Hall–Kier alpha value is -1.23. The summed E-state index contributed by atoms with van der Waals surface area (Å²) in [6.45, 7) is 5.63. The van der Waals surface area contributed by atoms with Crippen molar-refractivity contribution < 1.29 is 4.79 Å². The molecule has 1 aliphatic rings. The minimum atomic E-state index is -0.218. The second-order valence-electron chi connectivity index (χ2n) is 4.76. The summed E-state index contributed by atoms with van der Waals surface area (Å²) in [5.41, 5.74) is 0.0139. The first-order chi connectivity index (χ1) is 7.99. The van der Waals surface area contributed by atoms with Crippen LogP contribution in [-0.4, -0.2) is 39.4 Å². The number of aromatic amines is 1. The van der Waals surface area contributed by atoms with Crippen molar-refractivity contribution in [3.8, 4) is 0 Å². The molecule has 0 unspecified atom stereocenters. The van der Waals surface area contributed by atoms with E-state index >= 15 is 0 Å². The predicted molar refractivity (Wildman–Crippen MR) is 69.5 cm³/mol. The van der Waals surface area contributed by atoms with E-state index in [0.29, 0.717) is 13.1 Å². The largest absolute Gasteiger partial charge is 0.367 e. The molecule has 92 valence electrons. The Morgan fingerprint density at radius 3 is 2.94 bits per heavy atom. The van der Waals surface area contributed by atoms with Gasteiger partial charge in [0.1, 0.15) is 5.56 Å². The van der Waals surface area contributed by atoms with Crippen LogP contribution in [0.3, 0.4) is 0 Å². The normalized spacial score (nSPS) is 19.1. The molecular formula is C12H16N2O2S. The van der Waals surface area contributed by atoms with Gasteiger partial charge in [0.25, 0.3) is 5.91 Å². The molecule has 2 heterocycles. The van der Waals surface area contributed by atoms with Crippen molar-refractivity contribution in [2.24, 2.45) is 0 Å². The fourth-order valence-corrected chi connectivity index (χ4v) is 3.05. The van der Waals surface area contributed by atoms with Crippen LogP contribution in [0.4, 0.5) is 0 Å². The van der Waals surface area contributed by atoms with Gasteiger partial charge in [0.2, 0.25) is 0 Å². The maximum absolute atomic E-state index is 12.2. The number of nitrogens with one attached hydrogen (secondary N) is 1. The Morgan fingerprint density at radius 1 is 1.53 bits per heavy atom. The van der Waals surface area contributed by atoms with Crippen molar-refractivity contribution in [3.05, 3.63) is 34.2 Å². The number of rotatable bonds is 1. The molecule has 1 fully saturated rings. The summed E-state index contributed by atoms with van der Waals surface area (Å²) in [6, 6.07) is 1.39. The SMILES string of the molecule is CC1(C)CN(C(=O)c2c[nH]ccc2=O)CCS1. The van der Waals surface area contributed by atoms with Gasteiger partial charge in [-0.15, -0.1) is 0 Å².